The fraction of sp³-hybridized carbons (Fsp3) is 0. The number of aromatic nitrogens is 1. The highest BCUT2D eigenvalue weighted by Gasteiger charge is 2.05. The van der Waals surface area contributed by atoms with E-state index in [4.69, 9.17) is 29.0 Å². The van der Waals surface area contributed by atoms with Crippen LogP contribution in [0.4, 0.5) is 5.69 Å². The Kier molecular flexibility index (Phi) is 3.99. The van der Waals surface area contributed by atoms with Gasteiger partial charge in [0.15, 0.2) is 0 Å². The van der Waals surface area contributed by atoms with Gasteiger partial charge in [-0.15, -0.1) is 12.4 Å². The molecular formula is C9H8Cl3N3. The van der Waals surface area contributed by atoms with Crippen LogP contribution < -0.4 is 11.3 Å². The molecule has 0 atom stereocenters. The summed E-state index contributed by atoms with van der Waals surface area (Å²) in [6.07, 6.45) is 1.64. The van der Waals surface area contributed by atoms with E-state index in [1.807, 2.05) is 0 Å². The van der Waals surface area contributed by atoms with Crippen LogP contribution in [0.25, 0.3) is 10.9 Å². The lowest BCUT2D eigenvalue weighted by Crippen LogP contribution is -2.07. The molecule has 0 aliphatic carbocycles. The molecule has 80 valence electrons. The van der Waals surface area contributed by atoms with Crippen molar-refractivity contribution in [2.24, 2.45) is 5.84 Å². The predicted molar refractivity (Wildman–Crippen MR) is 66.8 cm³/mol. The standard InChI is InChI=1S/C9H7Cl2N3.ClH/c10-5-3-6-8(14-12)1-2-13-9(6)7(11)4-5;/h1-4H,12H2,(H,13,14);1H. The third kappa shape index (κ3) is 2.26. The first-order chi connectivity index (χ1) is 6.72. The Labute approximate surface area is 103 Å². The molecular weight excluding hydrogens is 256 g/mol. The monoisotopic (exact) mass is 263 g/mol. The second kappa shape index (κ2) is 4.86. The van der Waals surface area contributed by atoms with Crippen molar-refractivity contribution in [1.82, 2.24) is 4.98 Å². The van der Waals surface area contributed by atoms with Crippen LogP contribution in [-0.4, -0.2) is 4.98 Å². The third-order valence-electron chi connectivity index (χ3n) is 1.92. The number of fused-ring (bicyclic) bond motifs is 1. The number of halogens is 3. The van der Waals surface area contributed by atoms with Gasteiger partial charge in [0.2, 0.25) is 0 Å². The summed E-state index contributed by atoms with van der Waals surface area (Å²) in [6, 6.07) is 5.18. The number of benzene rings is 1. The maximum Gasteiger partial charge on any atom is 0.0910 e. The topological polar surface area (TPSA) is 50.9 Å². The molecule has 15 heavy (non-hydrogen) atoms. The van der Waals surface area contributed by atoms with Gasteiger partial charge in [0.05, 0.1) is 16.2 Å². The zero-order valence-corrected chi connectivity index (χ0v) is 9.83. The maximum atomic E-state index is 5.98. The zero-order chi connectivity index (χ0) is 10.1. The number of anilines is 1. The number of hydrogen-bond donors (Lipinski definition) is 2. The van der Waals surface area contributed by atoms with E-state index in [1.54, 1.807) is 24.4 Å². The second-order valence-electron chi connectivity index (χ2n) is 2.79. The summed E-state index contributed by atoms with van der Waals surface area (Å²) in [5.41, 5.74) is 4.00. The van der Waals surface area contributed by atoms with Crippen molar-refractivity contribution < 1.29 is 0 Å². The molecule has 0 amide bonds. The first-order valence-electron chi connectivity index (χ1n) is 3.93. The van der Waals surface area contributed by atoms with E-state index < -0.39 is 0 Å². The van der Waals surface area contributed by atoms with E-state index in [9.17, 15) is 0 Å². The van der Waals surface area contributed by atoms with E-state index in [-0.39, 0.29) is 12.4 Å². The van der Waals surface area contributed by atoms with Gasteiger partial charge in [-0.1, -0.05) is 23.2 Å². The quantitative estimate of drug-likeness (QED) is 0.614. The molecule has 0 spiro atoms. The van der Waals surface area contributed by atoms with Gasteiger partial charge < -0.3 is 5.43 Å². The van der Waals surface area contributed by atoms with Crippen LogP contribution in [0.2, 0.25) is 10.0 Å². The number of nitrogen functional groups attached to an aromatic ring is 1. The van der Waals surface area contributed by atoms with E-state index in [0.717, 1.165) is 11.1 Å². The summed E-state index contributed by atoms with van der Waals surface area (Å²) >= 11 is 11.8. The highest BCUT2D eigenvalue weighted by molar-refractivity contribution is 6.38. The Morgan fingerprint density at radius 2 is 2.00 bits per heavy atom. The average molecular weight is 265 g/mol. The van der Waals surface area contributed by atoms with Crippen molar-refractivity contribution in [3.8, 4) is 0 Å². The molecule has 0 aliphatic rings. The van der Waals surface area contributed by atoms with E-state index >= 15 is 0 Å². The van der Waals surface area contributed by atoms with Gasteiger partial charge in [-0.3, -0.25) is 10.8 Å². The lowest BCUT2D eigenvalue weighted by atomic mass is 10.2. The Bertz CT molecular complexity index is 487. The molecule has 1 heterocycles. The fourth-order valence-electron chi connectivity index (χ4n) is 1.30. The number of nitrogens with one attached hydrogen (secondary N) is 1. The van der Waals surface area contributed by atoms with Gasteiger partial charge in [-0.2, -0.15) is 0 Å². The molecule has 1 aromatic heterocycles. The summed E-state index contributed by atoms with van der Waals surface area (Å²) in [7, 11) is 0. The molecule has 6 heteroatoms. The summed E-state index contributed by atoms with van der Waals surface area (Å²) in [4.78, 5) is 4.14. The van der Waals surface area contributed by atoms with Crippen molar-refractivity contribution in [3.05, 3.63) is 34.4 Å². The molecule has 0 fully saturated rings. The highest BCUT2D eigenvalue weighted by Crippen LogP contribution is 2.30. The second-order valence-corrected chi connectivity index (χ2v) is 3.63. The van der Waals surface area contributed by atoms with Crippen LogP contribution in [0, 0.1) is 0 Å². The molecule has 0 aliphatic heterocycles. The van der Waals surface area contributed by atoms with Gasteiger partial charge in [0.1, 0.15) is 0 Å². The molecule has 0 bridgehead atoms. The number of rotatable bonds is 1. The molecule has 0 saturated carbocycles. The molecule has 3 nitrogen and oxygen atoms in total. The lowest BCUT2D eigenvalue weighted by molar-refractivity contribution is 1.33. The number of nitrogens with zero attached hydrogens (tertiary/aromatic N) is 1. The third-order valence-corrected chi connectivity index (χ3v) is 2.43. The lowest BCUT2D eigenvalue weighted by Gasteiger charge is -2.06. The fourth-order valence-corrected chi connectivity index (χ4v) is 1.85. The largest absolute Gasteiger partial charge is 0.323 e. The summed E-state index contributed by atoms with van der Waals surface area (Å²) in [5.74, 6) is 5.35. The maximum absolute atomic E-state index is 5.98. The van der Waals surface area contributed by atoms with E-state index in [1.165, 1.54) is 0 Å². The van der Waals surface area contributed by atoms with Crippen LogP contribution in [0.5, 0.6) is 0 Å². The zero-order valence-electron chi connectivity index (χ0n) is 7.50. The summed E-state index contributed by atoms with van der Waals surface area (Å²) in [6.45, 7) is 0. The van der Waals surface area contributed by atoms with Crippen molar-refractivity contribution >= 4 is 52.2 Å². The molecule has 0 saturated heterocycles. The minimum absolute atomic E-state index is 0. The Hall–Kier alpha value is -0.740. The first-order valence-corrected chi connectivity index (χ1v) is 4.68. The summed E-state index contributed by atoms with van der Waals surface area (Å²) in [5, 5.41) is 1.89. The van der Waals surface area contributed by atoms with Crippen LogP contribution in [0.1, 0.15) is 0 Å². The van der Waals surface area contributed by atoms with E-state index in [2.05, 4.69) is 10.4 Å². The SMILES string of the molecule is Cl.NNc1ccnc2c(Cl)cc(Cl)cc12. The van der Waals surface area contributed by atoms with Crippen LogP contribution in [0.15, 0.2) is 24.4 Å². The van der Waals surface area contributed by atoms with Gasteiger partial charge in [0.25, 0.3) is 0 Å². The van der Waals surface area contributed by atoms with Crippen LogP contribution in [-0.2, 0) is 0 Å². The highest BCUT2D eigenvalue weighted by atomic mass is 35.5. The smallest absolute Gasteiger partial charge is 0.0910 e. The minimum Gasteiger partial charge on any atom is -0.323 e. The van der Waals surface area contributed by atoms with Crippen LogP contribution in [0.3, 0.4) is 0 Å². The normalized spacial score (nSPS) is 9.80. The average Bonchev–Trinajstić information content (AvgIpc) is 2.17. The van der Waals surface area contributed by atoms with E-state index in [0.29, 0.717) is 15.6 Å². The number of nitrogens with two attached hydrogens (primary N) is 1. The van der Waals surface area contributed by atoms with Gasteiger partial charge in [-0.25, -0.2) is 0 Å². The molecule has 3 N–H and O–H groups in total. The molecule has 2 rings (SSSR count). The molecule has 2 aromatic rings. The number of pyridine rings is 1. The van der Waals surface area contributed by atoms with Crippen LogP contribution >= 0.6 is 35.6 Å². The Balaban J connectivity index is 0.00000112. The first kappa shape index (κ1) is 12.3. The summed E-state index contributed by atoms with van der Waals surface area (Å²) < 4.78 is 0. The predicted octanol–water partition coefficient (Wildman–Crippen LogP) is 3.25. The number of hydrazine groups is 1. The van der Waals surface area contributed by atoms with Crippen molar-refractivity contribution in [2.75, 3.05) is 5.43 Å². The molecule has 0 radical (unpaired) electrons. The van der Waals surface area contributed by atoms with Crippen molar-refractivity contribution in [1.29, 1.82) is 0 Å². The van der Waals surface area contributed by atoms with Gasteiger partial charge in [-0.05, 0) is 18.2 Å². The molecule has 1 aromatic carbocycles. The van der Waals surface area contributed by atoms with Gasteiger partial charge >= 0.3 is 0 Å². The van der Waals surface area contributed by atoms with Crippen molar-refractivity contribution in [2.45, 2.75) is 0 Å². The van der Waals surface area contributed by atoms with Gasteiger partial charge in [0, 0.05) is 16.6 Å². The molecule has 0 unspecified atom stereocenters. The Morgan fingerprint density at radius 1 is 1.27 bits per heavy atom. The Morgan fingerprint density at radius 3 is 2.67 bits per heavy atom. The minimum atomic E-state index is 0. The van der Waals surface area contributed by atoms with Crippen molar-refractivity contribution in [3.63, 3.8) is 0 Å². The number of hydrogen-bond acceptors (Lipinski definition) is 3.